The summed E-state index contributed by atoms with van der Waals surface area (Å²) in [6.07, 6.45) is 0.914. The van der Waals surface area contributed by atoms with E-state index in [1.807, 2.05) is 0 Å². The highest BCUT2D eigenvalue weighted by Crippen LogP contribution is 2.27. The van der Waals surface area contributed by atoms with Crippen LogP contribution in [0.4, 0.5) is 8.78 Å². The van der Waals surface area contributed by atoms with Gasteiger partial charge in [0, 0.05) is 22.3 Å². The zero-order valence-electron chi connectivity index (χ0n) is 8.57. The quantitative estimate of drug-likeness (QED) is 0.895. The van der Waals surface area contributed by atoms with Gasteiger partial charge in [-0.2, -0.15) is 0 Å². The summed E-state index contributed by atoms with van der Waals surface area (Å²) in [5.74, 6) is -1.37. The number of nitrogens with zero attached hydrogens (tertiary/aromatic N) is 1. The zero-order chi connectivity index (χ0) is 12.4. The number of benzene rings is 1. The summed E-state index contributed by atoms with van der Waals surface area (Å²) < 4.78 is 26.9. The molecule has 2 rings (SSSR count). The van der Waals surface area contributed by atoms with Gasteiger partial charge < -0.3 is 5.11 Å². The molecule has 0 saturated heterocycles. The average Bonchev–Trinajstić information content (AvgIpc) is 2.29. The maximum absolute atomic E-state index is 13.5. The SMILES string of the molecule is OC(c1ccncc1F)c1ccc(Cl)cc1F. The molecule has 0 aliphatic heterocycles. The fourth-order valence-corrected chi connectivity index (χ4v) is 1.66. The summed E-state index contributed by atoms with van der Waals surface area (Å²) in [5, 5.41) is 10.1. The summed E-state index contributed by atoms with van der Waals surface area (Å²) >= 11 is 5.59. The van der Waals surface area contributed by atoms with E-state index in [0.717, 1.165) is 12.3 Å². The zero-order valence-corrected chi connectivity index (χ0v) is 9.33. The van der Waals surface area contributed by atoms with Gasteiger partial charge in [-0.1, -0.05) is 17.7 Å². The van der Waals surface area contributed by atoms with Gasteiger partial charge >= 0.3 is 0 Å². The van der Waals surface area contributed by atoms with E-state index < -0.39 is 17.7 Å². The average molecular weight is 256 g/mol. The molecule has 1 unspecified atom stereocenters. The largest absolute Gasteiger partial charge is 0.383 e. The Labute approximate surface area is 102 Å². The van der Waals surface area contributed by atoms with E-state index in [1.165, 1.54) is 24.4 Å². The van der Waals surface area contributed by atoms with Crippen LogP contribution in [0.3, 0.4) is 0 Å². The van der Waals surface area contributed by atoms with Crippen LogP contribution in [0.25, 0.3) is 0 Å². The summed E-state index contributed by atoms with van der Waals surface area (Å²) in [5.41, 5.74) is -0.0549. The number of rotatable bonds is 2. The Morgan fingerprint density at radius 3 is 2.47 bits per heavy atom. The van der Waals surface area contributed by atoms with Crippen LogP contribution in [0.2, 0.25) is 5.02 Å². The number of hydrogen-bond donors (Lipinski definition) is 1. The second-order valence-electron chi connectivity index (χ2n) is 3.47. The van der Waals surface area contributed by atoms with Crippen LogP contribution >= 0.6 is 11.6 Å². The Balaban J connectivity index is 2.44. The van der Waals surface area contributed by atoms with Crippen LogP contribution in [0.15, 0.2) is 36.7 Å². The molecule has 1 heterocycles. The molecule has 0 fully saturated rings. The van der Waals surface area contributed by atoms with Crippen molar-refractivity contribution in [3.05, 3.63) is 64.4 Å². The number of aliphatic hydroxyl groups excluding tert-OH is 1. The molecule has 0 aliphatic carbocycles. The van der Waals surface area contributed by atoms with Gasteiger partial charge in [0.1, 0.15) is 17.7 Å². The van der Waals surface area contributed by atoms with Gasteiger partial charge in [-0.15, -0.1) is 0 Å². The molecule has 0 amide bonds. The van der Waals surface area contributed by atoms with Crippen molar-refractivity contribution in [2.24, 2.45) is 0 Å². The molecule has 88 valence electrons. The van der Waals surface area contributed by atoms with E-state index in [0.29, 0.717) is 0 Å². The van der Waals surface area contributed by atoms with E-state index in [9.17, 15) is 13.9 Å². The van der Waals surface area contributed by atoms with E-state index in [-0.39, 0.29) is 16.1 Å². The fraction of sp³-hybridized carbons (Fsp3) is 0.0833. The third kappa shape index (κ3) is 2.43. The molecule has 17 heavy (non-hydrogen) atoms. The van der Waals surface area contributed by atoms with Crippen molar-refractivity contribution < 1.29 is 13.9 Å². The van der Waals surface area contributed by atoms with Crippen molar-refractivity contribution >= 4 is 11.6 Å². The predicted molar refractivity (Wildman–Crippen MR) is 59.7 cm³/mol. The third-order valence-corrected chi connectivity index (χ3v) is 2.59. The molecule has 0 bridgehead atoms. The molecule has 1 N–H and O–H groups in total. The van der Waals surface area contributed by atoms with Crippen LogP contribution in [-0.2, 0) is 0 Å². The molecule has 1 aromatic heterocycles. The maximum atomic E-state index is 13.5. The number of aromatic nitrogens is 1. The molecule has 0 aliphatic rings. The van der Waals surface area contributed by atoms with Crippen LogP contribution in [-0.4, -0.2) is 10.1 Å². The molecule has 0 saturated carbocycles. The minimum absolute atomic E-state index is 0.0266. The molecular weight excluding hydrogens is 248 g/mol. The lowest BCUT2D eigenvalue weighted by Crippen LogP contribution is -2.05. The van der Waals surface area contributed by atoms with Gasteiger partial charge in [-0.05, 0) is 18.2 Å². The number of pyridine rings is 1. The van der Waals surface area contributed by atoms with Gasteiger partial charge in [-0.3, -0.25) is 4.98 Å². The summed E-state index contributed by atoms with van der Waals surface area (Å²) in [6.45, 7) is 0. The van der Waals surface area contributed by atoms with Crippen molar-refractivity contribution in [2.45, 2.75) is 6.10 Å². The lowest BCUT2D eigenvalue weighted by molar-refractivity contribution is 0.209. The van der Waals surface area contributed by atoms with E-state index in [2.05, 4.69) is 4.98 Å². The van der Waals surface area contributed by atoms with Crippen LogP contribution in [0.1, 0.15) is 17.2 Å². The molecule has 1 aromatic carbocycles. The predicted octanol–water partition coefficient (Wildman–Crippen LogP) is 3.09. The second-order valence-corrected chi connectivity index (χ2v) is 3.90. The highest BCUT2D eigenvalue weighted by molar-refractivity contribution is 6.30. The maximum Gasteiger partial charge on any atom is 0.147 e. The monoisotopic (exact) mass is 255 g/mol. The summed E-state index contributed by atoms with van der Waals surface area (Å²) in [7, 11) is 0. The fourth-order valence-electron chi connectivity index (χ4n) is 1.50. The van der Waals surface area contributed by atoms with E-state index in [4.69, 9.17) is 11.6 Å². The second kappa shape index (κ2) is 4.77. The van der Waals surface area contributed by atoms with E-state index in [1.54, 1.807) is 0 Å². The molecular formula is C12H8ClF2NO. The minimum Gasteiger partial charge on any atom is -0.383 e. The Hall–Kier alpha value is -1.52. The molecule has 0 spiro atoms. The van der Waals surface area contributed by atoms with Crippen LogP contribution in [0, 0.1) is 11.6 Å². The summed E-state index contributed by atoms with van der Waals surface area (Å²) in [6, 6.07) is 5.12. The van der Waals surface area contributed by atoms with Crippen molar-refractivity contribution in [1.29, 1.82) is 0 Å². The number of halogens is 3. The normalized spacial score (nSPS) is 12.5. The number of aliphatic hydroxyl groups is 1. The van der Waals surface area contributed by atoms with Crippen molar-refractivity contribution in [3.8, 4) is 0 Å². The van der Waals surface area contributed by atoms with Crippen molar-refractivity contribution in [2.75, 3.05) is 0 Å². The summed E-state index contributed by atoms with van der Waals surface area (Å²) in [4.78, 5) is 3.56. The van der Waals surface area contributed by atoms with Crippen LogP contribution in [0.5, 0.6) is 0 Å². The van der Waals surface area contributed by atoms with Crippen LogP contribution < -0.4 is 0 Å². The third-order valence-electron chi connectivity index (χ3n) is 2.36. The van der Waals surface area contributed by atoms with Gasteiger partial charge in [0.25, 0.3) is 0 Å². The first-order valence-electron chi connectivity index (χ1n) is 4.82. The van der Waals surface area contributed by atoms with Gasteiger partial charge in [0.15, 0.2) is 0 Å². The van der Waals surface area contributed by atoms with Crippen molar-refractivity contribution in [1.82, 2.24) is 4.98 Å². The van der Waals surface area contributed by atoms with Crippen molar-refractivity contribution in [3.63, 3.8) is 0 Å². The molecule has 0 radical (unpaired) electrons. The molecule has 2 nitrogen and oxygen atoms in total. The topological polar surface area (TPSA) is 33.1 Å². The molecule has 2 aromatic rings. The molecule has 5 heteroatoms. The molecule has 1 atom stereocenters. The minimum atomic E-state index is -1.38. The highest BCUT2D eigenvalue weighted by Gasteiger charge is 2.18. The smallest absolute Gasteiger partial charge is 0.147 e. The first kappa shape index (κ1) is 12.0. The Bertz CT molecular complexity index is 548. The van der Waals surface area contributed by atoms with E-state index >= 15 is 0 Å². The Morgan fingerprint density at radius 2 is 1.82 bits per heavy atom. The first-order valence-corrected chi connectivity index (χ1v) is 5.20. The lowest BCUT2D eigenvalue weighted by atomic mass is 10.0. The lowest BCUT2D eigenvalue weighted by Gasteiger charge is -2.12. The first-order chi connectivity index (χ1) is 8.09. The van der Waals surface area contributed by atoms with Gasteiger partial charge in [0.2, 0.25) is 0 Å². The standard InChI is InChI=1S/C12H8ClF2NO/c13-7-1-2-8(10(14)5-7)12(17)9-3-4-16-6-11(9)15/h1-6,12,17H. The Kier molecular flexibility index (Phi) is 3.36. The Morgan fingerprint density at radius 1 is 1.12 bits per heavy atom. The van der Waals surface area contributed by atoms with Gasteiger partial charge in [-0.25, -0.2) is 8.78 Å². The highest BCUT2D eigenvalue weighted by atomic mass is 35.5. The number of hydrogen-bond acceptors (Lipinski definition) is 2. The van der Waals surface area contributed by atoms with Gasteiger partial charge in [0.05, 0.1) is 6.20 Å².